The van der Waals surface area contributed by atoms with Crippen LogP contribution in [0.2, 0.25) is 0 Å². The molecule has 0 aliphatic carbocycles. The number of nitrogens with one attached hydrogen (secondary N) is 1. The van der Waals surface area contributed by atoms with E-state index < -0.39 is 0 Å². The van der Waals surface area contributed by atoms with Gasteiger partial charge in [0.2, 0.25) is 0 Å². The van der Waals surface area contributed by atoms with Crippen LogP contribution in [-0.2, 0) is 4.79 Å². The Morgan fingerprint density at radius 1 is 1.38 bits per heavy atom. The summed E-state index contributed by atoms with van der Waals surface area (Å²) in [4.78, 5) is 22.3. The Bertz CT molecular complexity index is 378. The number of nitrogens with zero attached hydrogens (tertiary/aromatic N) is 1. The summed E-state index contributed by atoms with van der Waals surface area (Å²) >= 11 is 0. The van der Waals surface area contributed by atoms with E-state index in [1.54, 1.807) is 17.1 Å². The molecule has 1 fully saturated rings. The second kappa shape index (κ2) is 4.90. The molecule has 0 radical (unpaired) electrons. The van der Waals surface area contributed by atoms with Gasteiger partial charge in [0, 0.05) is 24.6 Å². The Labute approximate surface area is 94.2 Å². The highest BCUT2D eigenvalue weighted by atomic mass is 16.2. The van der Waals surface area contributed by atoms with Crippen LogP contribution in [0.3, 0.4) is 0 Å². The number of carbonyl (C=O) groups is 2. The number of amides is 1. The lowest BCUT2D eigenvalue weighted by Crippen LogP contribution is -2.40. The van der Waals surface area contributed by atoms with E-state index in [1.807, 2.05) is 18.2 Å². The third-order valence-electron chi connectivity index (χ3n) is 2.71. The first-order valence-corrected chi connectivity index (χ1v) is 5.36. The summed E-state index contributed by atoms with van der Waals surface area (Å²) in [6, 6.07) is 9.06. The maximum absolute atomic E-state index is 11.8. The number of benzene rings is 1. The van der Waals surface area contributed by atoms with E-state index in [9.17, 15) is 9.59 Å². The fraction of sp³-hybridized carbons (Fsp3) is 0.333. The monoisotopic (exact) mass is 218 g/mol. The molecule has 1 aromatic rings. The standard InChI is InChI=1S/C12H14N2O2/c15-9-10-6-7-14(8-10)13-12(16)11-4-2-1-3-5-11/h1-5,9-10H,6-8H2,(H,13,16). The molecule has 1 saturated heterocycles. The second-order valence-electron chi connectivity index (χ2n) is 3.94. The van der Waals surface area contributed by atoms with Crippen molar-refractivity contribution in [3.63, 3.8) is 0 Å². The molecule has 1 aromatic carbocycles. The Morgan fingerprint density at radius 3 is 2.75 bits per heavy atom. The van der Waals surface area contributed by atoms with Crippen LogP contribution < -0.4 is 5.43 Å². The molecule has 0 bridgehead atoms. The molecule has 0 spiro atoms. The molecule has 16 heavy (non-hydrogen) atoms. The summed E-state index contributed by atoms with van der Waals surface area (Å²) in [6.45, 7) is 1.35. The molecule has 1 atom stereocenters. The van der Waals surface area contributed by atoms with Gasteiger partial charge >= 0.3 is 0 Å². The van der Waals surface area contributed by atoms with Gasteiger partial charge in [-0.25, -0.2) is 5.01 Å². The summed E-state index contributed by atoms with van der Waals surface area (Å²) in [5.74, 6) is -0.0665. The van der Waals surface area contributed by atoms with E-state index >= 15 is 0 Å². The lowest BCUT2D eigenvalue weighted by Gasteiger charge is -2.16. The quantitative estimate of drug-likeness (QED) is 0.765. The van der Waals surface area contributed by atoms with Crippen molar-refractivity contribution >= 4 is 12.2 Å². The highest BCUT2D eigenvalue weighted by Crippen LogP contribution is 2.11. The zero-order chi connectivity index (χ0) is 11.4. The van der Waals surface area contributed by atoms with Crippen molar-refractivity contribution in [3.8, 4) is 0 Å². The summed E-state index contributed by atoms with van der Waals surface area (Å²) in [5.41, 5.74) is 3.43. The molecule has 1 heterocycles. The smallest absolute Gasteiger partial charge is 0.265 e. The average Bonchev–Trinajstić information content (AvgIpc) is 2.78. The minimum atomic E-state index is -0.118. The minimum absolute atomic E-state index is 0.0519. The van der Waals surface area contributed by atoms with Gasteiger partial charge in [-0.2, -0.15) is 0 Å². The van der Waals surface area contributed by atoms with Crippen LogP contribution in [0, 0.1) is 5.92 Å². The zero-order valence-corrected chi connectivity index (χ0v) is 8.93. The molecule has 4 heteroatoms. The van der Waals surface area contributed by atoms with Crippen LogP contribution in [0.1, 0.15) is 16.8 Å². The van der Waals surface area contributed by atoms with Gasteiger partial charge < -0.3 is 4.79 Å². The van der Waals surface area contributed by atoms with Crippen molar-refractivity contribution in [2.24, 2.45) is 5.92 Å². The van der Waals surface area contributed by atoms with E-state index in [2.05, 4.69) is 5.43 Å². The predicted molar refractivity (Wildman–Crippen MR) is 59.7 cm³/mol. The maximum Gasteiger partial charge on any atom is 0.265 e. The minimum Gasteiger partial charge on any atom is -0.303 e. The highest BCUT2D eigenvalue weighted by molar-refractivity contribution is 5.93. The first kappa shape index (κ1) is 10.8. The largest absolute Gasteiger partial charge is 0.303 e. The number of rotatable bonds is 3. The number of aldehydes is 1. The number of hydrogen-bond donors (Lipinski definition) is 1. The fourth-order valence-electron chi connectivity index (χ4n) is 1.80. The molecule has 1 aliphatic heterocycles. The molecule has 84 valence electrons. The fourth-order valence-corrected chi connectivity index (χ4v) is 1.80. The zero-order valence-electron chi connectivity index (χ0n) is 8.93. The van der Waals surface area contributed by atoms with Gasteiger partial charge in [-0.1, -0.05) is 18.2 Å². The highest BCUT2D eigenvalue weighted by Gasteiger charge is 2.23. The van der Waals surface area contributed by atoms with Crippen LogP contribution in [0.25, 0.3) is 0 Å². The second-order valence-corrected chi connectivity index (χ2v) is 3.94. The van der Waals surface area contributed by atoms with Gasteiger partial charge in [0.05, 0.1) is 0 Å². The molecule has 1 amide bonds. The first-order valence-electron chi connectivity index (χ1n) is 5.36. The van der Waals surface area contributed by atoms with E-state index in [1.165, 1.54) is 0 Å². The van der Waals surface area contributed by atoms with Gasteiger partial charge in [-0.3, -0.25) is 10.2 Å². The molecular weight excluding hydrogens is 204 g/mol. The van der Waals surface area contributed by atoms with Crippen LogP contribution in [0.5, 0.6) is 0 Å². The number of hydrazine groups is 1. The van der Waals surface area contributed by atoms with Gasteiger partial charge in [0.15, 0.2) is 0 Å². The maximum atomic E-state index is 11.8. The summed E-state index contributed by atoms with van der Waals surface area (Å²) in [5, 5.41) is 1.80. The lowest BCUT2D eigenvalue weighted by molar-refractivity contribution is -0.110. The van der Waals surface area contributed by atoms with E-state index in [0.717, 1.165) is 19.3 Å². The van der Waals surface area contributed by atoms with Crippen LogP contribution >= 0.6 is 0 Å². The van der Waals surface area contributed by atoms with Gasteiger partial charge in [0.1, 0.15) is 6.29 Å². The Morgan fingerprint density at radius 2 is 2.12 bits per heavy atom. The van der Waals surface area contributed by atoms with Crippen molar-refractivity contribution < 1.29 is 9.59 Å². The molecular formula is C12H14N2O2. The summed E-state index contributed by atoms with van der Waals surface area (Å²) in [7, 11) is 0. The number of carbonyl (C=O) groups excluding carboxylic acids is 2. The van der Waals surface area contributed by atoms with Crippen LogP contribution in [-0.4, -0.2) is 30.3 Å². The average molecular weight is 218 g/mol. The van der Waals surface area contributed by atoms with E-state index in [-0.39, 0.29) is 11.8 Å². The first-order chi connectivity index (χ1) is 7.79. The van der Waals surface area contributed by atoms with Crippen molar-refractivity contribution in [1.82, 2.24) is 10.4 Å². The molecule has 2 rings (SSSR count). The normalized spacial score (nSPS) is 20.6. The molecule has 1 aliphatic rings. The molecule has 1 N–H and O–H groups in total. The van der Waals surface area contributed by atoms with Gasteiger partial charge in [0.25, 0.3) is 5.91 Å². The third-order valence-corrected chi connectivity index (χ3v) is 2.71. The van der Waals surface area contributed by atoms with Crippen LogP contribution in [0.15, 0.2) is 30.3 Å². The van der Waals surface area contributed by atoms with Gasteiger partial charge in [-0.05, 0) is 18.6 Å². The summed E-state index contributed by atoms with van der Waals surface area (Å²) < 4.78 is 0. The van der Waals surface area contributed by atoms with Gasteiger partial charge in [-0.15, -0.1) is 0 Å². The number of hydrogen-bond acceptors (Lipinski definition) is 3. The molecule has 4 nitrogen and oxygen atoms in total. The van der Waals surface area contributed by atoms with Crippen molar-refractivity contribution in [2.45, 2.75) is 6.42 Å². The van der Waals surface area contributed by atoms with Crippen LogP contribution in [0.4, 0.5) is 0 Å². The topological polar surface area (TPSA) is 49.4 Å². The molecule has 0 aromatic heterocycles. The van der Waals surface area contributed by atoms with E-state index in [0.29, 0.717) is 12.1 Å². The third kappa shape index (κ3) is 2.46. The predicted octanol–water partition coefficient (Wildman–Crippen LogP) is 0.852. The van der Waals surface area contributed by atoms with Crippen molar-refractivity contribution in [1.29, 1.82) is 0 Å². The Kier molecular flexibility index (Phi) is 3.31. The molecule has 0 saturated carbocycles. The molecule has 1 unspecified atom stereocenters. The Balaban J connectivity index is 1.91. The van der Waals surface area contributed by atoms with Crippen molar-refractivity contribution in [2.75, 3.05) is 13.1 Å². The SMILES string of the molecule is O=CC1CCN(NC(=O)c2ccccc2)C1. The summed E-state index contributed by atoms with van der Waals surface area (Å²) in [6.07, 6.45) is 1.77. The van der Waals surface area contributed by atoms with E-state index in [4.69, 9.17) is 0 Å². The van der Waals surface area contributed by atoms with Crippen molar-refractivity contribution in [3.05, 3.63) is 35.9 Å². The lowest BCUT2D eigenvalue weighted by atomic mass is 10.1. The Hall–Kier alpha value is -1.68.